The molecule has 26 valence electrons. The summed E-state index contributed by atoms with van der Waals surface area (Å²) in [7, 11) is 0. The first kappa shape index (κ1) is 5.56. The predicted molar refractivity (Wildman–Crippen MR) is 22.3 cm³/mol. The number of rotatable bonds is 2. The third-order valence-electron chi connectivity index (χ3n) is 0.512. The fraction of sp³-hybridized carbons (Fsp3) is 1.00. The molecule has 0 rings (SSSR count). The SMILES string of the molecule is [Li][CH2]CCO. The molecule has 0 saturated carbocycles. The number of hydrogen-bond donors (Lipinski definition) is 1. The van der Waals surface area contributed by atoms with Crippen molar-refractivity contribution in [2.45, 2.75) is 11.5 Å². The Bertz CT molecular complexity index is 14.4. The maximum atomic E-state index is 8.07. The molecule has 0 atom stereocenters. The van der Waals surface area contributed by atoms with Crippen LogP contribution >= 0.6 is 0 Å². The molecule has 0 saturated heterocycles. The van der Waals surface area contributed by atoms with Crippen LogP contribution in [0.2, 0.25) is 5.09 Å². The van der Waals surface area contributed by atoms with Gasteiger partial charge in [0.25, 0.3) is 0 Å². The second-order valence-electron chi connectivity index (χ2n) is 1.08. The Balaban J connectivity index is 2.19. The Morgan fingerprint density at radius 2 is 2.20 bits per heavy atom. The zero-order valence-electron chi connectivity index (χ0n) is 3.57. The Labute approximate surface area is 41.6 Å². The van der Waals surface area contributed by atoms with E-state index in [0.29, 0.717) is 6.61 Å². The molecular formula is C3H7LiO. The average molecular weight is 66.0 g/mol. The molecule has 0 bridgehead atoms. The van der Waals surface area contributed by atoms with Crippen LogP contribution in [0, 0.1) is 0 Å². The molecule has 0 aliphatic rings. The summed E-state index contributed by atoms with van der Waals surface area (Å²) < 4.78 is 0. The predicted octanol–water partition coefficient (Wildman–Crippen LogP) is -0.0444. The van der Waals surface area contributed by atoms with Gasteiger partial charge in [-0.2, -0.15) is 0 Å². The number of hydrogen-bond acceptors (Lipinski definition) is 1. The first-order valence-corrected chi connectivity index (χ1v) is 2.02. The molecule has 0 spiro atoms. The number of aliphatic hydroxyl groups is 1. The molecular weight excluding hydrogens is 59.0 g/mol. The third-order valence-corrected chi connectivity index (χ3v) is 0.512. The first-order chi connectivity index (χ1) is 2.41. The van der Waals surface area contributed by atoms with Gasteiger partial charge in [0.1, 0.15) is 0 Å². The van der Waals surface area contributed by atoms with Gasteiger partial charge >= 0.3 is 40.9 Å². The third kappa shape index (κ3) is 4.56. The van der Waals surface area contributed by atoms with E-state index in [1.54, 1.807) is 0 Å². The number of aliphatic hydroxyl groups excluding tert-OH is 1. The van der Waals surface area contributed by atoms with Crippen molar-refractivity contribution in [3.8, 4) is 0 Å². The van der Waals surface area contributed by atoms with Gasteiger partial charge in [-0.3, -0.25) is 0 Å². The molecule has 0 radical (unpaired) electrons. The Hall–Kier alpha value is 0.557. The standard InChI is InChI=1S/C3H7O.Li/c1-2-3-4;/h4H,1-3H2;. The summed E-state index contributed by atoms with van der Waals surface area (Å²) in [5.74, 6) is 0. The molecule has 5 heavy (non-hydrogen) atoms. The second kappa shape index (κ2) is 4.56. The summed E-state index contributed by atoms with van der Waals surface area (Å²) in [6, 6.07) is 0. The van der Waals surface area contributed by atoms with Crippen molar-refractivity contribution in [3.05, 3.63) is 0 Å². The van der Waals surface area contributed by atoms with Crippen LogP contribution in [-0.4, -0.2) is 29.4 Å². The van der Waals surface area contributed by atoms with Crippen molar-refractivity contribution in [2.24, 2.45) is 0 Å². The maximum absolute atomic E-state index is 8.07. The molecule has 2 heteroatoms. The molecule has 0 amide bonds. The Morgan fingerprint density at radius 3 is 2.20 bits per heavy atom. The van der Waals surface area contributed by atoms with E-state index < -0.39 is 0 Å². The molecule has 0 aliphatic carbocycles. The van der Waals surface area contributed by atoms with Gasteiger partial charge in [0.15, 0.2) is 0 Å². The van der Waals surface area contributed by atoms with Crippen LogP contribution in [0.15, 0.2) is 0 Å². The van der Waals surface area contributed by atoms with Gasteiger partial charge in [0, 0.05) is 0 Å². The normalized spacial score (nSPS) is 8.60. The van der Waals surface area contributed by atoms with E-state index in [9.17, 15) is 0 Å². The summed E-state index contributed by atoms with van der Waals surface area (Å²) in [6.07, 6.45) is 0.944. The molecule has 0 aliphatic heterocycles. The van der Waals surface area contributed by atoms with Crippen molar-refractivity contribution in [1.82, 2.24) is 0 Å². The first-order valence-electron chi connectivity index (χ1n) is 2.02. The van der Waals surface area contributed by atoms with Gasteiger partial charge in [-0.25, -0.2) is 0 Å². The quantitative estimate of drug-likeness (QED) is 0.448. The van der Waals surface area contributed by atoms with Crippen LogP contribution in [0.25, 0.3) is 0 Å². The molecule has 0 unspecified atom stereocenters. The van der Waals surface area contributed by atoms with Crippen molar-refractivity contribution >= 4 is 17.7 Å². The van der Waals surface area contributed by atoms with E-state index >= 15 is 0 Å². The van der Waals surface area contributed by atoms with Crippen molar-refractivity contribution in [3.63, 3.8) is 0 Å². The molecule has 0 aromatic rings. The van der Waals surface area contributed by atoms with Gasteiger partial charge < -0.3 is 0 Å². The van der Waals surface area contributed by atoms with Crippen molar-refractivity contribution in [2.75, 3.05) is 6.61 Å². The van der Waals surface area contributed by atoms with Gasteiger partial charge in [-0.15, -0.1) is 0 Å². The average Bonchev–Trinajstić information content (AvgIpc) is 1.41. The molecule has 0 heterocycles. The summed E-state index contributed by atoms with van der Waals surface area (Å²) in [5.41, 5.74) is 0. The van der Waals surface area contributed by atoms with Crippen LogP contribution in [0.4, 0.5) is 0 Å². The monoisotopic (exact) mass is 66.1 g/mol. The molecule has 1 N–H and O–H groups in total. The van der Waals surface area contributed by atoms with Crippen molar-refractivity contribution < 1.29 is 5.11 Å². The second-order valence-corrected chi connectivity index (χ2v) is 1.08. The summed E-state index contributed by atoms with van der Waals surface area (Å²) in [5, 5.41) is 9.16. The van der Waals surface area contributed by atoms with Gasteiger partial charge in [-0.1, -0.05) is 0 Å². The molecule has 0 aromatic heterocycles. The Kier molecular flexibility index (Phi) is 5.07. The fourth-order valence-corrected chi connectivity index (χ4v) is 0.158. The van der Waals surface area contributed by atoms with Crippen molar-refractivity contribution in [1.29, 1.82) is 0 Å². The minimum absolute atomic E-state index is 0.344. The van der Waals surface area contributed by atoms with Crippen LogP contribution in [0.1, 0.15) is 6.42 Å². The molecule has 1 nitrogen and oxygen atoms in total. The van der Waals surface area contributed by atoms with Gasteiger partial charge in [0.05, 0.1) is 0 Å². The van der Waals surface area contributed by atoms with Crippen LogP contribution < -0.4 is 0 Å². The zero-order chi connectivity index (χ0) is 4.12. The molecule has 0 fully saturated rings. The fourth-order valence-electron chi connectivity index (χ4n) is 0.158. The topological polar surface area (TPSA) is 20.2 Å². The van der Waals surface area contributed by atoms with Crippen LogP contribution in [0.3, 0.4) is 0 Å². The van der Waals surface area contributed by atoms with Gasteiger partial charge in [-0.05, 0) is 0 Å². The van der Waals surface area contributed by atoms with Gasteiger partial charge in [0.2, 0.25) is 0 Å². The van der Waals surface area contributed by atoms with E-state index in [1.165, 1.54) is 0 Å². The van der Waals surface area contributed by atoms with E-state index in [4.69, 9.17) is 5.11 Å². The van der Waals surface area contributed by atoms with E-state index in [1.807, 2.05) is 0 Å². The van der Waals surface area contributed by atoms with E-state index in [0.717, 1.165) is 11.5 Å². The molecule has 0 aromatic carbocycles. The zero-order valence-corrected chi connectivity index (χ0v) is 3.57. The minimum atomic E-state index is 0.344. The summed E-state index contributed by atoms with van der Waals surface area (Å²) in [4.78, 5) is 0. The van der Waals surface area contributed by atoms with E-state index in [2.05, 4.69) is 17.7 Å². The summed E-state index contributed by atoms with van der Waals surface area (Å²) >= 11 is 2.05. The van der Waals surface area contributed by atoms with Crippen LogP contribution in [-0.2, 0) is 0 Å². The Morgan fingerprint density at radius 1 is 1.60 bits per heavy atom. The summed E-state index contributed by atoms with van der Waals surface area (Å²) in [6.45, 7) is 0.344. The van der Waals surface area contributed by atoms with Crippen LogP contribution in [0.5, 0.6) is 0 Å². The van der Waals surface area contributed by atoms with E-state index in [-0.39, 0.29) is 0 Å².